The van der Waals surface area contributed by atoms with Gasteiger partial charge in [0, 0.05) is 56.5 Å². The zero-order valence-corrected chi connectivity index (χ0v) is 15.5. The molecule has 1 aliphatic heterocycles. The number of phenolic OH excluding ortho intramolecular Hbond substituents is 1. The standard InChI is InChI=1S/C20H21N5O3/c1-13(26)23-18-6-5-14(12-22-18)15-3-2-4-16(20(15)27)17-11-19(24-28-17)25-9-7-21-8-10-25/h2-6,11-12,21,27H,7-10H2,1H3,(H,22,23,26). The van der Waals surface area contributed by atoms with Crippen LogP contribution in [0.4, 0.5) is 11.6 Å². The van der Waals surface area contributed by atoms with Crippen LogP contribution in [0.2, 0.25) is 0 Å². The first kappa shape index (κ1) is 18.0. The Balaban J connectivity index is 1.62. The summed E-state index contributed by atoms with van der Waals surface area (Å²) in [7, 11) is 0. The van der Waals surface area contributed by atoms with Gasteiger partial charge in [-0.25, -0.2) is 4.98 Å². The first-order chi connectivity index (χ1) is 13.6. The molecule has 144 valence electrons. The number of anilines is 2. The van der Waals surface area contributed by atoms with Crippen molar-refractivity contribution >= 4 is 17.5 Å². The van der Waals surface area contributed by atoms with E-state index >= 15 is 0 Å². The second kappa shape index (κ2) is 7.69. The van der Waals surface area contributed by atoms with Gasteiger partial charge in [0.2, 0.25) is 5.91 Å². The van der Waals surface area contributed by atoms with Gasteiger partial charge in [-0.3, -0.25) is 4.79 Å². The van der Waals surface area contributed by atoms with E-state index in [1.54, 1.807) is 24.4 Å². The lowest BCUT2D eigenvalue weighted by Gasteiger charge is -2.26. The monoisotopic (exact) mass is 379 g/mol. The van der Waals surface area contributed by atoms with Crippen LogP contribution in [0.3, 0.4) is 0 Å². The Hall–Kier alpha value is -3.39. The molecule has 0 radical (unpaired) electrons. The van der Waals surface area contributed by atoms with Crippen molar-refractivity contribution in [2.24, 2.45) is 0 Å². The second-order valence-corrected chi connectivity index (χ2v) is 6.60. The van der Waals surface area contributed by atoms with Crippen molar-refractivity contribution in [2.45, 2.75) is 6.92 Å². The van der Waals surface area contributed by atoms with E-state index in [2.05, 4.69) is 25.7 Å². The molecule has 8 nitrogen and oxygen atoms in total. The number of nitrogens with zero attached hydrogens (tertiary/aromatic N) is 3. The van der Waals surface area contributed by atoms with E-state index < -0.39 is 0 Å². The maximum Gasteiger partial charge on any atom is 0.222 e. The van der Waals surface area contributed by atoms with Crippen molar-refractivity contribution in [3.05, 3.63) is 42.6 Å². The first-order valence-electron chi connectivity index (χ1n) is 9.10. The largest absolute Gasteiger partial charge is 0.507 e. The summed E-state index contributed by atoms with van der Waals surface area (Å²) in [6.07, 6.45) is 1.61. The molecule has 3 aromatic rings. The van der Waals surface area contributed by atoms with Crippen LogP contribution in [0.25, 0.3) is 22.5 Å². The number of carbonyl (C=O) groups excluding carboxylic acids is 1. The van der Waals surface area contributed by atoms with Gasteiger partial charge in [-0.2, -0.15) is 0 Å². The third-order valence-electron chi connectivity index (χ3n) is 4.62. The molecular weight excluding hydrogens is 358 g/mol. The first-order valence-corrected chi connectivity index (χ1v) is 9.10. The number of amides is 1. The number of phenols is 1. The van der Waals surface area contributed by atoms with E-state index in [1.807, 2.05) is 18.2 Å². The number of para-hydroxylation sites is 1. The van der Waals surface area contributed by atoms with Gasteiger partial charge in [-0.05, 0) is 18.2 Å². The van der Waals surface area contributed by atoms with Crippen LogP contribution in [-0.4, -0.2) is 47.3 Å². The summed E-state index contributed by atoms with van der Waals surface area (Å²) in [6.45, 7) is 4.97. The Kier molecular flexibility index (Phi) is 4.94. The molecule has 4 rings (SSSR count). The van der Waals surface area contributed by atoms with E-state index in [-0.39, 0.29) is 11.7 Å². The topological polar surface area (TPSA) is 104 Å². The molecule has 1 aromatic carbocycles. The van der Waals surface area contributed by atoms with Crippen molar-refractivity contribution in [3.63, 3.8) is 0 Å². The summed E-state index contributed by atoms with van der Waals surface area (Å²) in [6, 6.07) is 10.8. The Morgan fingerprint density at radius 2 is 2.00 bits per heavy atom. The summed E-state index contributed by atoms with van der Waals surface area (Å²) in [5.41, 5.74) is 1.92. The minimum absolute atomic E-state index is 0.0968. The zero-order valence-electron chi connectivity index (χ0n) is 15.5. The lowest BCUT2D eigenvalue weighted by atomic mass is 10.0. The molecule has 8 heteroatoms. The van der Waals surface area contributed by atoms with Crippen molar-refractivity contribution < 1.29 is 14.4 Å². The maximum absolute atomic E-state index is 11.1. The Bertz CT molecular complexity index is 978. The van der Waals surface area contributed by atoms with E-state index in [4.69, 9.17) is 4.52 Å². The molecule has 0 unspecified atom stereocenters. The van der Waals surface area contributed by atoms with Crippen LogP contribution in [0.1, 0.15) is 6.92 Å². The molecule has 2 aromatic heterocycles. The van der Waals surface area contributed by atoms with Gasteiger partial charge in [0.05, 0.1) is 5.56 Å². The van der Waals surface area contributed by atoms with Gasteiger partial charge in [0.1, 0.15) is 11.6 Å². The number of hydrogen-bond acceptors (Lipinski definition) is 7. The molecule has 0 saturated carbocycles. The van der Waals surface area contributed by atoms with E-state index in [9.17, 15) is 9.90 Å². The quantitative estimate of drug-likeness (QED) is 0.640. The molecule has 0 atom stereocenters. The smallest absolute Gasteiger partial charge is 0.222 e. The summed E-state index contributed by atoms with van der Waals surface area (Å²) in [4.78, 5) is 17.5. The minimum Gasteiger partial charge on any atom is -0.507 e. The highest BCUT2D eigenvalue weighted by Gasteiger charge is 2.19. The summed E-state index contributed by atoms with van der Waals surface area (Å²) >= 11 is 0. The molecule has 3 N–H and O–H groups in total. The molecule has 1 saturated heterocycles. The Morgan fingerprint density at radius 1 is 1.21 bits per heavy atom. The predicted molar refractivity (Wildman–Crippen MR) is 106 cm³/mol. The second-order valence-electron chi connectivity index (χ2n) is 6.60. The predicted octanol–water partition coefficient (Wildman–Crippen LogP) is 2.48. The van der Waals surface area contributed by atoms with E-state index in [0.717, 1.165) is 37.6 Å². The van der Waals surface area contributed by atoms with Gasteiger partial charge < -0.3 is 25.2 Å². The lowest BCUT2D eigenvalue weighted by Crippen LogP contribution is -2.43. The van der Waals surface area contributed by atoms with E-state index in [0.29, 0.717) is 22.7 Å². The third kappa shape index (κ3) is 3.67. The SMILES string of the molecule is CC(=O)Nc1ccc(-c2cccc(-c3cc(N4CCNCC4)no3)c2O)cn1. The number of carbonyl (C=O) groups is 1. The number of hydrogen-bond donors (Lipinski definition) is 3. The molecule has 0 aliphatic carbocycles. The van der Waals surface area contributed by atoms with Gasteiger partial charge >= 0.3 is 0 Å². The third-order valence-corrected chi connectivity index (χ3v) is 4.62. The van der Waals surface area contributed by atoms with Gasteiger partial charge in [-0.15, -0.1) is 0 Å². The van der Waals surface area contributed by atoms with Crippen molar-refractivity contribution in [1.29, 1.82) is 0 Å². The fourth-order valence-corrected chi connectivity index (χ4v) is 3.22. The van der Waals surface area contributed by atoms with Crippen LogP contribution in [0, 0.1) is 0 Å². The normalized spacial score (nSPS) is 14.1. The highest BCUT2D eigenvalue weighted by atomic mass is 16.5. The van der Waals surface area contributed by atoms with Crippen molar-refractivity contribution in [1.82, 2.24) is 15.5 Å². The molecular formula is C20H21N5O3. The lowest BCUT2D eigenvalue weighted by molar-refractivity contribution is -0.114. The van der Waals surface area contributed by atoms with Crippen LogP contribution in [-0.2, 0) is 4.79 Å². The molecule has 28 heavy (non-hydrogen) atoms. The molecule has 1 fully saturated rings. The zero-order chi connectivity index (χ0) is 19.5. The number of aromatic nitrogens is 2. The molecule has 1 amide bonds. The van der Waals surface area contributed by atoms with E-state index in [1.165, 1.54) is 6.92 Å². The Labute approximate surface area is 162 Å². The van der Waals surface area contributed by atoms with Crippen LogP contribution in [0.5, 0.6) is 5.75 Å². The maximum atomic E-state index is 11.1. The average Bonchev–Trinajstić information content (AvgIpc) is 3.19. The minimum atomic E-state index is -0.185. The number of piperazine rings is 1. The molecule has 0 bridgehead atoms. The van der Waals surface area contributed by atoms with Gasteiger partial charge in [-0.1, -0.05) is 17.3 Å². The summed E-state index contributed by atoms with van der Waals surface area (Å²) in [5.74, 6) is 1.65. The highest BCUT2D eigenvalue weighted by Crippen LogP contribution is 2.38. The van der Waals surface area contributed by atoms with Crippen LogP contribution in [0.15, 0.2) is 47.1 Å². The number of nitrogens with one attached hydrogen (secondary N) is 2. The Morgan fingerprint density at radius 3 is 2.71 bits per heavy atom. The fourth-order valence-electron chi connectivity index (χ4n) is 3.22. The number of aromatic hydroxyl groups is 1. The van der Waals surface area contributed by atoms with Crippen LogP contribution >= 0.6 is 0 Å². The number of rotatable bonds is 4. The van der Waals surface area contributed by atoms with Crippen molar-refractivity contribution in [3.8, 4) is 28.2 Å². The molecule has 1 aliphatic rings. The number of pyridine rings is 1. The molecule has 0 spiro atoms. The fraction of sp³-hybridized carbons (Fsp3) is 0.250. The van der Waals surface area contributed by atoms with Crippen LogP contribution < -0.4 is 15.5 Å². The van der Waals surface area contributed by atoms with Gasteiger partial charge in [0.25, 0.3) is 0 Å². The number of benzene rings is 1. The average molecular weight is 379 g/mol. The molecule has 3 heterocycles. The summed E-state index contributed by atoms with van der Waals surface area (Å²) in [5, 5.41) is 20.9. The van der Waals surface area contributed by atoms with Crippen molar-refractivity contribution in [2.75, 3.05) is 36.4 Å². The highest BCUT2D eigenvalue weighted by molar-refractivity contribution is 5.88. The van der Waals surface area contributed by atoms with Gasteiger partial charge in [0.15, 0.2) is 11.6 Å². The summed E-state index contributed by atoms with van der Waals surface area (Å²) < 4.78 is 5.50.